The first kappa shape index (κ1) is 64.0. The van der Waals surface area contributed by atoms with E-state index in [0.29, 0.717) is 6.42 Å². The van der Waals surface area contributed by atoms with Crippen molar-refractivity contribution in [1.29, 1.82) is 0 Å². The van der Waals surface area contributed by atoms with Crippen LogP contribution < -0.4 is 5.73 Å². The van der Waals surface area contributed by atoms with Crippen LogP contribution in [0.4, 0.5) is 0 Å². The lowest BCUT2D eigenvalue weighted by atomic mass is 10.0. The number of hydrogen-bond donors (Lipinski definition) is 2. The molecule has 0 radical (unpaired) electrons. The lowest BCUT2D eigenvalue weighted by molar-refractivity contribution is -0.161. The molecule has 9 nitrogen and oxygen atoms in total. The number of unbranched alkanes of at least 4 members (excludes halogenated alkanes) is 42. The summed E-state index contributed by atoms with van der Waals surface area (Å²) < 4.78 is 33.0. The minimum absolute atomic E-state index is 0.0585. The third kappa shape index (κ3) is 52.2. The summed E-state index contributed by atoms with van der Waals surface area (Å²) in [7, 11) is -4.38. The summed E-state index contributed by atoms with van der Waals surface area (Å²) >= 11 is 0. The highest BCUT2D eigenvalue weighted by Gasteiger charge is 2.26. The Morgan fingerprint density at radius 2 is 0.662 bits per heavy atom. The van der Waals surface area contributed by atoms with Gasteiger partial charge in [0.15, 0.2) is 6.10 Å². The van der Waals surface area contributed by atoms with Crippen molar-refractivity contribution in [3.05, 3.63) is 0 Å². The summed E-state index contributed by atoms with van der Waals surface area (Å²) in [5.74, 6) is -0.805. The first-order chi connectivity index (χ1) is 31.8. The monoisotopic (exact) mass is 944 g/mol. The van der Waals surface area contributed by atoms with Gasteiger partial charge >= 0.3 is 19.8 Å². The van der Waals surface area contributed by atoms with Crippen molar-refractivity contribution in [3.63, 3.8) is 0 Å². The highest BCUT2D eigenvalue weighted by molar-refractivity contribution is 7.47. The van der Waals surface area contributed by atoms with E-state index in [4.69, 9.17) is 24.3 Å². The molecule has 2 unspecified atom stereocenters. The number of phosphoric acid groups is 1. The van der Waals surface area contributed by atoms with Crippen LogP contribution in [0.3, 0.4) is 0 Å². The van der Waals surface area contributed by atoms with Gasteiger partial charge in [-0.3, -0.25) is 18.6 Å². The lowest BCUT2D eigenvalue weighted by Crippen LogP contribution is -2.29. The van der Waals surface area contributed by atoms with Gasteiger partial charge in [0.25, 0.3) is 0 Å². The van der Waals surface area contributed by atoms with Crippen molar-refractivity contribution in [1.82, 2.24) is 0 Å². The normalized spacial score (nSPS) is 13.0. The molecule has 388 valence electrons. The summed E-state index contributed by atoms with van der Waals surface area (Å²) in [6.45, 7) is 3.81. The van der Waals surface area contributed by atoms with Crippen LogP contribution in [0.2, 0.25) is 0 Å². The highest BCUT2D eigenvalue weighted by Crippen LogP contribution is 2.43. The Morgan fingerprint density at radius 1 is 0.400 bits per heavy atom. The minimum atomic E-state index is -4.38. The van der Waals surface area contributed by atoms with Crippen molar-refractivity contribution in [3.8, 4) is 0 Å². The number of rotatable bonds is 55. The molecule has 0 aliphatic carbocycles. The second kappa shape index (κ2) is 52.4. The number of phosphoric ester groups is 1. The fourth-order valence-corrected chi connectivity index (χ4v) is 9.52. The molecule has 0 aliphatic heterocycles. The number of hydrogen-bond acceptors (Lipinski definition) is 8. The number of carbonyl (C=O) groups excluding carboxylic acids is 2. The van der Waals surface area contributed by atoms with Crippen molar-refractivity contribution in [2.45, 2.75) is 315 Å². The number of nitrogens with two attached hydrogens (primary N) is 1. The smallest absolute Gasteiger partial charge is 0.462 e. The van der Waals surface area contributed by atoms with Crippen LogP contribution in [0.25, 0.3) is 0 Å². The maximum absolute atomic E-state index is 12.7. The molecule has 0 fully saturated rings. The maximum atomic E-state index is 12.7. The standard InChI is InChI=1S/C55H110NO8P/c1-3-5-7-9-11-13-15-17-19-20-21-22-23-24-25-26-27-28-29-30-31-32-34-36-38-40-42-44-46-48-55(58)64-53(52-63-65(59,60)62-50-49-56)51-61-54(57)47-45-43-41-39-37-35-33-18-16-14-12-10-8-6-4-2/h53H,3-52,56H2,1-2H3,(H,59,60). The van der Waals surface area contributed by atoms with Crippen LogP contribution in [0.5, 0.6) is 0 Å². The van der Waals surface area contributed by atoms with Gasteiger partial charge in [0, 0.05) is 19.4 Å². The number of ether oxygens (including phenoxy) is 2. The molecule has 0 spiro atoms. The van der Waals surface area contributed by atoms with Crippen molar-refractivity contribution >= 4 is 19.8 Å². The van der Waals surface area contributed by atoms with Crippen LogP contribution in [-0.2, 0) is 32.7 Å². The molecule has 0 saturated carbocycles. The van der Waals surface area contributed by atoms with Crippen molar-refractivity contribution < 1.29 is 37.6 Å². The van der Waals surface area contributed by atoms with Crippen molar-refractivity contribution in [2.24, 2.45) is 5.73 Å². The predicted molar refractivity (Wildman–Crippen MR) is 275 cm³/mol. The van der Waals surface area contributed by atoms with Crippen LogP contribution in [-0.4, -0.2) is 49.3 Å². The molecular formula is C55H110NO8P. The van der Waals surface area contributed by atoms with E-state index in [1.54, 1.807) is 0 Å². The van der Waals surface area contributed by atoms with Gasteiger partial charge < -0.3 is 20.1 Å². The Bertz CT molecular complexity index is 1030. The molecular weight excluding hydrogens is 834 g/mol. The molecule has 0 amide bonds. The topological polar surface area (TPSA) is 134 Å². The molecule has 2 atom stereocenters. The maximum Gasteiger partial charge on any atom is 0.472 e. The molecule has 0 saturated heterocycles. The number of esters is 2. The van der Waals surface area contributed by atoms with Crippen LogP contribution >= 0.6 is 7.82 Å². The number of carbonyl (C=O) groups is 2. The largest absolute Gasteiger partial charge is 0.472 e. The van der Waals surface area contributed by atoms with Gasteiger partial charge in [-0.2, -0.15) is 0 Å². The van der Waals surface area contributed by atoms with Gasteiger partial charge in [-0.1, -0.05) is 284 Å². The average molecular weight is 944 g/mol. The first-order valence-corrected chi connectivity index (χ1v) is 30.0. The van der Waals surface area contributed by atoms with E-state index in [2.05, 4.69) is 13.8 Å². The van der Waals surface area contributed by atoms with Gasteiger partial charge in [0.1, 0.15) is 6.61 Å². The van der Waals surface area contributed by atoms with E-state index < -0.39 is 26.5 Å². The van der Waals surface area contributed by atoms with E-state index in [9.17, 15) is 19.0 Å². The molecule has 0 aliphatic rings. The van der Waals surface area contributed by atoms with Crippen LogP contribution in [0.15, 0.2) is 0 Å². The van der Waals surface area contributed by atoms with Gasteiger partial charge in [-0.25, -0.2) is 4.57 Å². The van der Waals surface area contributed by atoms with E-state index in [1.807, 2.05) is 0 Å². The van der Waals surface area contributed by atoms with Gasteiger partial charge in [0.2, 0.25) is 0 Å². The zero-order chi connectivity index (χ0) is 47.4. The van der Waals surface area contributed by atoms with Gasteiger partial charge in [-0.05, 0) is 12.8 Å². The average Bonchev–Trinajstić information content (AvgIpc) is 3.30. The molecule has 0 bridgehead atoms. The highest BCUT2D eigenvalue weighted by atomic mass is 31.2. The fourth-order valence-electron chi connectivity index (χ4n) is 8.76. The molecule has 65 heavy (non-hydrogen) atoms. The summed E-state index contributed by atoms with van der Waals surface area (Å²) in [5.41, 5.74) is 5.37. The molecule has 0 aromatic heterocycles. The first-order valence-electron chi connectivity index (χ1n) is 28.5. The van der Waals surface area contributed by atoms with Gasteiger partial charge in [-0.15, -0.1) is 0 Å². The summed E-state index contributed by atoms with van der Waals surface area (Å²) in [6, 6.07) is 0. The second-order valence-corrected chi connectivity index (χ2v) is 21.0. The molecule has 0 heterocycles. The molecule has 0 aromatic rings. The Morgan fingerprint density at radius 3 is 0.938 bits per heavy atom. The Balaban J connectivity index is 3.85. The quantitative estimate of drug-likeness (QED) is 0.0347. The van der Waals surface area contributed by atoms with Crippen molar-refractivity contribution in [2.75, 3.05) is 26.4 Å². The van der Waals surface area contributed by atoms with Crippen LogP contribution in [0, 0.1) is 0 Å². The Kier molecular flexibility index (Phi) is 51.6. The zero-order valence-electron chi connectivity index (χ0n) is 43.3. The zero-order valence-corrected chi connectivity index (χ0v) is 44.2. The predicted octanol–water partition coefficient (Wildman–Crippen LogP) is 17.5. The molecule has 3 N–H and O–H groups in total. The third-order valence-corrected chi connectivity index (χ3v) is 14.0. The molecule has 10 heteroatoms. The van der Waals surface area contributed by atoms with Gasteiger partial charge in [0.05, 0.1) is 13.2 Å². The third-order valence-electron chi connectivity index (χ3n) is 13.0. The fraction of sp³-hybridized carbons (Fsp3) is 0.964. The lowest BCUT2D eigenvalue weighted by Gasteiger charge is -2.19. The van der Waals surface area contributed by atoms with Crippen LogP contribution in [0.1, 0.15) is 309 Å². The SMILES string of the molecule is CCCCCCCCCCCCCCCCCCCCCCCCCCCCCCCC(=O)OC(COC(=O)CCCCCCCCCCCCCCCCC)COP(=O)(O)OCCN. The van der Waals surface area contributed by atoms with E-state index >= 15 is 0 Å². The summed E-state index contributed by atoms with van der Waals surface area (Å²) in [6.07, 6.45) is 57.4. The van der Waals surface area contributed by atoms with E-state index in [1.165, 1.54) is 244 Å². The van der Waals surface area contributed by atoms with E-state index in [0.717, 1.165) is 32.1 Å². The second-order valence-electron chi connectivity index (χ2n) is 19.5. The Hall–Kier alpha value is -0.990. The Labute approximate surface area is 403 Å². The minimum Gasteiger partial charge on any atom is -0.462 e. The summed E-state index contributed by atoms with van der Waals surface area (Å²) in [5, 5.41) is 0. The molecule has 0 aromatic carbocycles. The molecule has 0 rings (SSSR count). The van der Waals surface area contributed by atoms with E-state index in [-0.39, 0.29) is 38.6 Å². The summed E-state index contributed by atoms with van der Waals surface area (Å²) in [4.78, 5) is 35.1.